The van der Waals surface area contributed by atoms with E-state index in [9.17, 15) is 4.79 Å². The highest BCUT2D eigenvalue weighted by Crippen LogP contribution is 2.17. The van der Waals surface area contributed by atoms with E-state index in [4.69, 9.17) is 0 Å². The Labute approximate surface area is 113 Å². The Morgan fingerprint density at radius 2 is 2.22 bits per heavy atom. The molecular formula is C14H20N2OS. The third kappa shape index (κ3) is 4.03. The van der Waals surface area contributed by atoms with Crippen LogP contribution < -0.4 is 10.6 Å². The van der Waals surface area contributed by atoms with Crippen LogP contribution in [0.3, 0.4) is 0 Å². The summed E-state index contributed by atoms with van der Waals surface area (Å²) in [5, 5.41) is 6.44. The number of thioether (sulfide) groups is 1. The second-order valence-corrected chi connectivity index (χ2v) is 5.79. The van der Waals surface area contributed by atoms with Gasteiger partial charge in [-0.2, -0.15) is 0 Å². The fourth-order valence-corrected chi connectivity index (χ4v) is 2.83. The summed E-state index contributed by atoms with van der Waals surface area (Å²) in [5.74, 6) is 1.19. The van der Waals surface area contributed by atoms with Crippen LogP contribution in [0.2, 0.25) is 0 Å². The van der Waals surface area contributed by atoms with Crippen molar-refractivity contribution in [3.63, 3.8) is 0 Å². The largest absolute Gasteiger partial charge is 0.351 e. The van der Waals surface area contributed by atoms with E-state index in [1.54, 1.807) is 11.8 Å². The molecular weight excluding hydrogens is 244 g/mol. The van der Waals surface area contributed by atoms with Crippen LogP contribution in [0.25, 0.3) is 0 Å². The van der Waals surface area contributed by atoms with Gasteiger partial charge in [-0.15, -0.1) is 11.8 Å². The van der Waals surface area contributed by atoms with E-state index in [-0.39, 0.29) is 11.9 Å². The Hall–Kier alpha value is -1.00. The lowest BCUT2D eigenvalue weighted by molar-refractivity contribution is -0.119. The lowest BCUT2D eigenvalue weighted by Crippen LogP contribution is -2.50. The zero-order chi connectivity index (χ0) is 12.8. The number of carbonyl (C=O) groups excluding carboxylic acids is 1. The number of hydrogen-bond donors (Lipinski definition) is 2. The van der Waals surface area contributed by atoms with Gasteiger partial charge in [-0.05, 0) is 31.0 Å². The van der Waals surface area contributed by atoms with E-state index in [2.05, 4.69) is 17.6 Å². The minimum absolute atomic E-state index is 0.129. The summed E-state index contributed by atoms with van der Waals surface area (Å²) in [5.41, 5.74) is 0. The van der Waals surface area contributed by atoms with Crippen molar-refractivity contribution in [2.24, 2.45) is 5.92 Å². The number of benzene rings is 1. The summed E-state index contributed by atoms with van der Waals surface area (Å²) in [6.45, 7) is 4.16. The van der Waals surface area contributed by atoms with Crippen LogP contribution in [-0.4, -0.2) is 30.8 Å². The Bertz CT molecular complexity index is 383. The Morgan fingerprint density at radius 1 is 1.44 bits per heavy atom. The van der Waals surface area contributed by atoms with Crippen LogP contribution >= 0.6 is 11.8 Å². The van der Waals surface area contributed by atoms with Crippen LogP contribution in [0, 0.1) is 5.92 Å². The van der Waals surface area contributed by atoms with Crippen molar-refractivity contribution >= 4 is 17.7 Å². The maximum Gasteiger partial charge on any atom is 0.230 e. The van der Waals surface area contributed by atoms with E-state index < -0.39 is 0 Å². The molecule has 4 heteroatoms. The maximum absolute atomic E-state index is 11.9. The molecule has 2 atom stereocenters. The molecule has 1 aliphatic rings. The third-order valence-electron chi connectivity index (χ3n) is 3.29. The Kier molecular flexibility index (Phi) is 5.08. The van der Waals surface area contributed by atoms with Crippen molar-refractivity contribution in [3.8, 4) is 0 Å². The van der Waals surface area contributed by atoms with Crippen molar-refractivity contribution in [1.82, 2.24) is 10.6 Å². The van der Waals surface area contributed by atoms with Gasteiger partial charge in [-0.1, -0.05) is 25.1 Å². The zero-order valence-electron chi connectivity index (χ0n) is 10.7. The molecule has 2 unspecified atom stereocenters. The fraction of sp³-hybridized carbons (Fsp3) is 0.500. The van der Waals surface area contributed by atoms with E-state index in [0.29, 0.717) is 11.7 Å². The van der Waals surface area contributed by atoms with Gasteiger partial charge in [-0.25, -0.2) is 0 Å². The molecule has 1 heterocycles. The zero-order valence-corrected chi connectivity index (χ0v) is 11.5. The number of piperidine rings is 1. The fourth-order valence-electron chi connectivity index (χ4n) is 2.10. The molecule has 18 heavy (non-hydrogen) atoms. The van der Waals surface area contributed by atoms with Gasteiger partial charge < -0.3 is 10.6 Å². The first-order valence-corrected chi connectivity index (χ1v) is 7.42. The summed E-state index contributed by atoms with van der Waals surface area (Å²) < 4.78 is 0. The molecule has 98 valence electrons. The lowest BCUT2D eigenvalue weighted by atomic mass is 9.95. The number of rotatable bonds is 4. The first-order chi connectivity index (χ1) is 8.75. The standard InChI is InChI=1S/C14H20N2OS/c1-11-7-8-15-9-13(11)16-14(17)10-18-12-5-3-2-4-6-12/h2-6,11,13,15H,7-10H2,1H3,(H,16,17). The van der Waals surface area contributed by atoms with Gasteiger partial charge in [-0.3, -0.25) is 4.79 Å². The summed E-state index contributed by atoms with van der Waals surface area (Å²) >= 11 is 1.59. The average molecular weight is 264 g/mol. The summed E-state index contributed by atoms with van der Waals surface area (Å²) in [6.07, 6.45) is 1.14. The molecule has 1 aromatic rings. The van der Waals surface area contributed by atoms with Crippen molar-refractivity contribution < 1.29 is 4.79 Å². The summed E-state index contributed by atoms with van der Waals surface area (Å²) in [6, 6.07) is 10.3. The monoisotopic (exact) mass is 264 g/mol. The Morgan fingerprint density at radius 3 is 2.94 bits per heavy atom. The number of nitrogens with one attached hydrogen (secondary N) is 2. The van der Waals surface area contributed by atoms with E-state index >= 15 is 0 Å². The highest BCUT2D eigenvalue weighted by Gasteiger charge is 2.22. The highest BCUT2D eigenvalue weighted by molar-refractivity contribution is 8.00. The summed E-state index contributed by atoms with van der Waals surface area (Å²) in [7, 11) is 0. The molecule has 0 saturated carbocycles. The third-order valence-corrected chi connectivity index (χ3v) is 4.30. The maximum atomic E-state index is 11.9. The van der Waals surface area contributed by atoms with E-state index in [0.717, 1.165) is 24.4 Å². The molecule has 0 aliphatic carbocycles. The Balaban J connectivity index is 1.75. The topological polar surface area (TPSA) is 41.1 Å². The van der Waals surface area contributed by atoms with E-state index in [1.807, 2.05) is 30.3 Å². The van der Waals surface area contributed by atoms with Gasteiger partial charge >= 0.3 is 0 Å². The van der Waals surface area contributed by atoms with Gasteiger partial charge in [0.1, 0.15) is 0 Å². The van der Waals surface area contributed by atoms with Gasteiger partial charge in [0.05, 0.1) is 5.75 Å². The normalized spacial score (nSPS) is 23.6. The van der Waals surface area contributed by atoms with Gasteiger partial charge in [0.25, 0.3) is 0 Å². The molecule has 2 rings (SSSR count). The predicted molar refractivity (Wildman–Crippen MR) is 75.7 cm³/mol. The lowest BCUT2D eigenvalue weighted by Gasteiger charge is -2.30. The smallest absolute Gasteiger partial charge is 0.230 e. The van der Waals surface area contributed by atoms with Crippen molar-refractivity contribution in [2.45, 2.75) is 24.3 Å². The summed E-state index contributed by atoms with van der Waals surface area (Å²) in [4.78, 5) is 13.0. The quantitative estimate of drug-likeness (QED) is 0.816. The molecule has 0 radical (unpaired) electrons. The molecule has 0 spiro atoms. The molecule has 1 aliphatic heterocycles. The molecule has 1 aromatic carbocycles. The predicted octanol–water partition coefficient (Wildman–Crippen LogP) is 1.89. The number of hydrogen-bond acceptors (Lipinski definition) is 3. The number of amides is 1. The van der Waals surface area contributed by atoms with Crippen molar-refractivity contribution in [2.75, 3.05) is 18.8 Å². The van der Waals surface area contributed by atoms with Gasteiger partial charge in [0.15, 0.2) is 0 Å². The molecule has 0 aromatic heterocycles. The van der Waals surface area contributed by atoms with E-state index in [1.165, 1.54) is 0 Å². The second kappa shape index (κ2) is 6.81. The van der Waals surface area contributed by atoms with Crippen LogP contribution in [0.1, 0.15) is 13.3 Å². The highest BCUT2D eigenvalue weighted by atomic mass is 32.2. The van der Waals surface area contributed by atoms with Crippen LogP contribution in [-0.2, 0) is 4.79 Å². The molecule has 3 nitrogen and oxygen atoms in total. The molecule has 1 amide bonds. The average Bonchev–Trinajstić information content (AvgIpc) is 2.40. The van der Waals surface area contributed by atoms with Crippen LogP contribution in [0.4, 0.5) is 0 Å². The SMILES string of the molecule is CC1CCNCC1NC(=O)CSc1ccccc1. The van der Waals surface area contributed by atoms with Crippen LogP contribution in [0.5, 0.6) is 0 Å². The first-order valence-electron chi connectivity index (χ1n) is 6.43. The van der Waals surface area contributed by atoms with Crippen molar-refractivity contribution in [1.29, 1.82) is 0 Å². The van der Waals surface area contributed by atoms with Gasteiger partial charge in [0, 0.05) is 17.5 Å². The minimum atomic E-state index is 0.129. The van der Waals surface area contributed by atoms with Gasteiger partial charge in [0.2, 0.25) is 5.91 Å². The molecule has 0 bridgehead atoms. The first kappa shape index (κ1) is 13.4. The minimum Gasteiger partial charge on any atom is -0.351 e. The molecule has 1 fully saturated rings. The van der Waals surface area contributed by atoms with Crippen molar-refractivity contribution in [3.05, 3.63) is 30.3 Å². The van der Waals surface area contributed by atoms with Crippen LogP contribution in [0.15, 0.2) is 35.2 Å². The number of carbonyl (C=O) groups is 1. The molecule has 2 N–H and O–H groups in total. The second-order valence-electron chi connectivity index (χ2n) is 4.75. The molecule has 1 saturated heterocycles.